The van der Waals surface area contributed by atoms with Gasteiger partial charge >= 0.3 is 0 Å². The highest BCUT2D eigenvalue weighted by atomic mass is 79.9. The van der Waals surface area contributed by atoms with Gasteiger partial charge in [0, 0.05) is 18.7 Å². The molecule has 4 nitrogen and oxygen atoms in total. The van der Waals surface area contributed by atoms with Crippen molar-refractivity contribution in [2.45, 2.75) is 19.6 Å². The number of likely N-dealkylation sites (N-methyl/N-ethyl adjacent to an activating group) is 1. The Morgan fingerprint density at radius 3 is 2.39 bits per heavy atom. The van der Waals surface area contributed by atoms with Crippen LogP contribution in [0.3, 0.4) is 0 Å². The van der Waals surface area contributed by atoms with E-state index in [1.165, 1.54) is 0 Å². The summed E-state index contributed by atoms with van der Waals surface area (Å²) in [6.45, 7) is 3.08. The maximum atomic E-state index is 9.37. The summed E-state index contributed by atoms with van der Waals surface area (Å²) in [4.78, 5) is 2.04. The lowest BCUT2D eigenvalue weighted by Gasteiger charge is -2.20. The molecular formula is C13H20BrNO3. The predicted molar refractivity (Wildman–Crippen MR) is 75.3 cm³/mol. The molecule has 18 heavy (non-hydrogen) atoms. The average molecular weight is 318 g/mol. The van der Waals surface area contributed by atoms with Crippen LogP contribution in [-0.4, -0.2) is 43.9 Å². The highest BCUT2D eigenvalue weighted by Gasteiger charge is 2.12. The Morgan fingerprint density at radius 1 is 1.28 bits per heavy atom. The molecule has 5 heteroatoms. The fourth-order valence-corrected chi connectivity index (χ4v) is 2.34. The van der Waals surface area contributed by atoms with Crippen LogP contribution in [0.5, 0.6) is 11.5 Å². The van der Waals surface area contributed by atoms with Crippen LogP contribution in [0.2, 0.25) is 0 Å². The summed E-state index contributed by atoms with van der Waals surface area (Å²) in [6.07, 6.45) is -0.349. The van der Waals surface area contributed by atoms with Crippen molar-refractivity contribution in [1.82, 2.24) is 4.90 Å². The van der Waals surface area contributed by atoms with Crippen LogP contribution in [-0.2, 0) is 6.54 Å². The SMILES string of the molecule is COc1cc(CN(C)CC(C)O)c(OC)cc1Br. The molecule has 1 atom stereocenters. The Balaban J connectivity index is 2.92. The van der Waals surface area contributed by atoms with Gasteiger partial charge in [0.05, 0.1) is 24.8 Å². The monoisotopic (exact) mass is 317 g/mol. The van der Waals surface area contributed by atoms with Crippen LogP contribution in [0.15, 0.2) is 16.6 Å². The van der Waals surface area contributed by atoms with Gasteiger partial charge in [-0.15, -0.1) is 0 Å². The number of hydrogen-bond donors (Lipinski definition) is 1. The number of halogens is 1. The molecule has 1 N–H and O–H groups in total. The van der Waals surface area contributed by atoms with Crippen molar-refractivity contribution >= 4 is 15.9 Å². The van der Waals surface area contributed by atoms with Gasteiger partial charge in [-0.25, -0.2) is 0 Å². The van der Waals surface area contributed by atoms with E-state index in [9.17, 15) is 5.11 Å². The summed E-state index contributed by atoms with van der Waals surface area (Å²) < 4.78 is 11.5. The number of ether oxygens (including phenoxy) is 2. The maximum absolute atomic E-state index is 9.37. The molecule has 0 aliphatic rings. The Labute approximate surface area is 117 Å². The van der Waals surface area contributed by atoms with Gasteiger partial charge in [-0.3, -0.25) is 4.90 Å². The van der Waals surface area contributed by atoms with E-state index in [1.54, 1.807) is 21.1 Å². The van der Waals surface area contributed by atoms with E-state index in [0.29, 0.717) is 13.1 Å². The topological polar surface area (TPSA) is 41.9 Å². The van der Waals surface area contributed by atoms with E-state index < -0.39 is 0 Å². The van der Waals surface area contributed by atoms with Gasteiger partial charge in [0.25, 0.3) is 0 Å². The molecule has 0 aromatic heterocycles. The lowest BCUT2D eigenvalue weighted by Crippen LogP contribution is -2.26. The zero-order valence-corrected chi connectivity index (χ0v) is 12.8. The van der Waals surface area contributed by atoms with Gasteiger partial charge in [0.1, 0.15) is 11.5 Å². The van der Waals surface area contributed by atoms with Crippen molar-refractivity contribution in [1.29, 1.82) is 0 Å². The lowest BCUT2D eigenvalue weighted by molar-refractivity contribution is 0.138. The number of aliphatic hydroxyl groups is 1. The molecule has 0 heterocycles. The van der Waals surface area contributed by atoms with Crippen LogP contribution < -0.4 is 9.47 Å². The Hall–Kier alpha value is -0.780. The molecule has 1 aromatic rings. The second kappa shape index (κ2) is 6.97. The molecule has 102 valence electrons. The van der Waals surface area contributed by atoms with Crippen LogP contribution >= 0.6 is 15.9 Å². The Bertz CT molecular complexity index is 396. The van der Waals surface area contributed by atoms with Crippen LogP contribution in [0.1, 0.15) is 12.5 Å². The highest BCUT2D eigenvalue weighted by molar-refractivity contribution is 9.10. The van der Waals surface area contributed by atoms with Crippen molar-refractivity contribution in [3.8, 4) is 11.5 Å². The number of hydrogen-bond acceptors (Lipinski definition) is 4. The summed E-state index contributed by atoms with van der Waals surface area (Å²) in [5.41, 5.74) is 1.03. The van der Waals surface area contributed by atoms with Gasteiger partial charge in [0.2, 0.25) is 0 Å². The molecule has 1 rings (SSSR count). The van der Waals surface area contributed by atoms with E-state index in [4.69, 9.17) is 9.47 Å². The number of methoxy groups -OCH3 is 2. The summed E-state index contributed by atoms with van der Waals surface area (Å²) in [5.74, 6) is 1.58. The number of benzene rings is 1. The first kappa shape index (κ1) is 15.3. The minimum atomic E-state index is -0.349. The molecule has 1 aromatic carbocycles. The molecule has 0 saturated heterocycles. The van der Waals surface area contributed by atoms with Gasteiger partial charge in [-0.2, -0.15) is 0 Å². The van der Waals surface area contributed by atoms with E-state index in [2.05, 4.69) is 15.9 Å². The number of nitrogens with zero attached hydrogens (tertiary/aromatic N) is 1. The predicted octanol–water partition coefficient (Wildman–Crippen LogP) is 2.28. The fraction of sp³-hybridized carbons (Fsp3) is 0.538. The highest BCUT2D eigenvalue weighted by Crippen LogP contribution is 2.33. The first-order valence-electron chi connectivity index (χ1n) is 5.75. The smallest absolute Gasteiger partial charge is 0.133 e. The second-order valence-electron chi connectivity index (χ2n) is 4.34. The average Bonchev–Trinajstić information content (AvgIpc) is 2.29. The van der Waals surface area contributed by atoms with Gasteiger partial charge < -0.3 is 14.6 Å². The summed E-state index contributed by atoms with van der Waals surface area (Å²) in [5, 5.41) is 9.37. The van der Waals surface area contributed by atoms with Crippen LogP contribution in [0.25, 0.3) is 0 Å². The van der Waals surface area contributed by atoms with Crippen molar-refractivity contribution in [2.24, 2.45) is 0 Å². The van der Waals surface area contributed by atoms with E-state index in [1.807, 2.05) is 24.1 Å². The van der Waals surface area contributed by atoms with Crippen molar-refractivity contribution in [3.05, 3.63) is 22.2 Å². The fourth-order valence-electron chi connectivity index (χ4n) is 1.85. The minimum Gasteiger partial charge on any atom is -0.496 e. The molecule has 1 unspecified atom stereocenters. The molecule has 0 amide bonds. The van der Waals surface area contributed by atoms with E-state index in [0.717, 1.165) is 21.5 Å². The molecule has 0 radical (unpaired) electrons. The quantitative estimate of drug-likeness (QED) is 0.874. The zero-order valence-electron chi connectivity index (χ0n) is 11.2. The third kappa shape index (κ3) is 4.15. The standard InChI is InChI=1S/C13H20BrNO3/c1-9(16)7-15(2)8-10-5-13(18-4)11(14)6-12(10)17-3/h5-6,9,16H,7-8H2,1-4H3. The molecular weight excluding hydrogens is 298 g/mol. The molecule has 0 aliphatic carbocycles. The number of rotatable bonds is 6. The van der Waals surface area contributed by atoms with Crippen LogP contribution in [0.4, 0.5) is 0 Å². The maximum Gasteiger partial charge on any atom is 0.133 e. The summed E-state index contributed by atoms with van der Waals surface area (Å²) in [6, 6.07) is 3.84. The molecule has 0 saturated carbocycles. The Kier molecular flexibility index (Phi) is 5.91. The van der Waals surface area contributed by atoms with Crippen molar-refractivity contribution in [3.63, 3.8) is 0 Å². The van der Waals surface area contributed by atoms with Gasteiger partial charge in [-0.05, 0) is 42.0 Å². The number of aliphatic hydroxyl groups excluding tert-OH is 1. The first-order valence-corrected chi connectivity index (χ1v) is 6.54. The lowest BCUT2D eigenvalue weighted by atomic mass is 10.1. The zero-order chi connectivity index (χ0) is 13.7. The largest absolute Gasteiger partial charge is 0.496 e. The normalized spacial score (nSPS) is 12.6. The van der Waals surface area contributed by atoms with E-state index >= 15 is 0 Å². The molecule has 0 spiro atoms. The molecule has 0 bridgehead atoms. The van der Waals surface area contributed by atoms with Crippen molar-refractivity contribution < 1.29 is 14.6 Å². The molecule has 0 fully saturated rings. The molecule has 0 aliphatic heterocycles. The van der Waals surface area contributed by atoms with Crippen LogP contribution in [0, 0.1) is 0 Å². The minimum absolute atomic E-state index is 0.349. The summed E-state index contributed by atoms with van der Waals surface area (Å²) in [7, 11) is 5.24. The van der Waals surface area contributed by atoms with Crippen molar-refractivity contribution in [2.75, 3.05) is 27.8 Å². The third-order valence-corrected chi connectivity index (χ3v) is 3.19. The van der Waals surface area contributed by atoms with Gasteiger partial charge in [-0.1, -0.05) is 0 Å². The third-order valence-electron chi connectivity index (χ3n) is 2.57. The Morgan fingerprint density at radius 2 is 1.89 bits per heavy atom. The first-order chi connectivity index (χ1) is 8.47. The second-order valence-corrected chi connectivity index (χ2v) is 5.20. The van der Waals surface area contributed by atoms with E-state index in [-0.39, 0.29) is 6.10 Å². The summed E-state index contributed by atoms with van der Waals surface area (Å²) >= 11 is 3.43. The van der Waals surface area contributed by atoms with Gasteiger partial charge in [0.15, 0.2) is 0 Å².